The summed E-state index contributed by atoms with van der Waals surface area (Å²) in [6, 6.07) is 22.4. The number of carbonyl (C=O) groups excluding carboxylic acids is 1. The lowest BCUT2D eigenvalue weighted by Crippen LogP contribution is -2.11. The molecule has 0 saturated carbocycles. The Labute approximate surface area is 168 Å². The molecule has 3 aromatic carbocycles. The van der Waals surface area contributed by atoms with Crippen molar-refractivity contribution in [3.05, 3.63) is 84.7 Å². The Morgan fingerprint density at radius 1 is 0.862 bits per heavy atom. The van der Waals surface area contributed by atoms with Gasteiger partial charge in [0.05, 0.1) is 18.2 Å². The zero-order valence-corrected chi connectivity index (χ0v) is 16.1. The van der Waals surface area contributed by atoms with E-state index in [9.17, 15) is 4.79 Å². The molecule has 144 valence electrons. The fourth-order valence-electron chi connectivity index (χ4n) is 3.03. The lowest BCUT2D eigenvalue weighted by Gasteiger charge is -2.20. The Kier molecular flexibility index (Phi) is 5.07. The van der Waals surface area contributed by atoms with Gasteiger partial charge >= 0.3 is 5.97 Å². The third-order valence-electron chi connectivity index (χ3n) is 4.57. The summed E-state index contributed by atoms with van der Waals surface area (Å²) < 4.78 is 10.6. The van der Waals surface area contributed by atoms with Crippen LogP contribution in [0.2, 0.25) is 0 Å². The van der Waals surface area contributed by atoms with Crippen molar-refractivity contribution in [1.82, 2.24) is 9.97 Å². The van der Waals surface area contributed by atoms with Crippen molar-refractivity contribution in [3.63, 3.8) is 0 Å². The number of aromatic nitrogens is 2. The van der Waals surface area contributed by atoms with Crippen LogP contribution in [0.5, 0.6) is 11.5 Å². The van der Waals surface area contributed by atoms with Gasteiger partial charge in [-0.2, -0.15) is 0 Å². The summed E-state index contributed by atoms with van der Waals surface area (Å²) in [6.07, 6.45) is 1.57. The van der Waals surface area contributed by atoms with Gasteiger partial charge < -0.3 is 14.4 Å². The molecule has 0 radical (unpaired) electrons. The average Bonchev–Trinajstić information content (AvgIpc) is 2.78. The predicted molar refractivity (Wildman–Crippen MR) is 112 cm³/mol. The summed E-state index contributed by atoms with van der Waals surface area (Å²) in [5.41, 5.74) is 2.36. The Balaban J connectivity index is 1.52. The molecule has 6 heteroatoms. The largest absolute Gasteiger partial charge is 0.465 e. The number of ether oxygens (including phenoxy) is 2. The van der Waals surface area contributed by atoms with E-state index in [4.69, 9.17) is 9.47 Å². The third-order valence-corrected chi connectivity index (χ3v) is 4.57. The molecule has 0 saturated heterocycles. The molecule has 1 aromatic heterocycles. The predicted octanol–water partition coefficient (Wildman–Crippen LogP) is 4.98. The van der Waals surface area contributed by atoms with Crippen LogP contribution in [0.3, 0.4) is 0 Å². The van der Waals surface area contributed by atoms with Crippen molar-refractivity contribution in [2.45, 2.75) is 0 Å². The molecule has 0 aliphatic carbocycles. The number of rotatable bonds is 5. The van der Waals surface area contributed by atoms with Crippen molar-refractivity contribution in [3.8, 4) is 11.5 Å². The summed E-state index contributed by atoms with van der Waals surface area (Å²) in [5, 5.41) is 0.989. The van der Waals surface area contributed by atoms with Gasteiger partial charge in [-0.05, 0) is 60.7 Å². The molecule has 6 nitrogen and oxygen atoms in total. The lowest BCUT2D eigenvalue weighted by molar-refractivity contribution is 0.0600. The van der Waals surface area contributed by atoms with Gasteiger partial charge in [0.15, 0.2) is 0 Å². The number of fused-ring (bicyclic) bond motifs is 1. The Hall–Kier alpha value is -3.93. The second-order valence-corrected chi connectivity index (χ2v) is 6.39. The van der Waals surface area contributed by atoms with Crippen LogP contribution in [0.15, 0.2) is 79.1 Å². The molecule has 4 aromatic rings. The molecule has 0 bridgehead atoms. The molecule has 0 unspecified atom stereocenters. The molecule has 0 amide bonds. The van der Waals surface area contributed by atoms with Gasteiger partial charge in [0.2, 0.25) is 0 Å². The van der Waals surface area contributed by atoms with E-state index < -0.39 is 0 Å². The summed E-state index contributed by atoms with van der Waals surface area (Å²) in [4.78, 5) is 22.3. The maximum Gasteiger partial charge on any atom is 0.337 e. The first-order chi connectivity index (χ1) is 14.2. The van der Waals surface area contributed by atoms with E-state index in [1.54, 1.807) is 30.6 Å². The fraction of sp³-hybridized carbons (Fsp3) is 0.0870. The molecule has 4 rings (SSSR count). The van der Waals surface area contributed by atoms with Crippen molar-refractivity contribution in [2.24, 2.45) is 0 Å². The van der Waals surface area contributed by atoms with E-state index in [1.165, 1.54) is 7.11 Å². The second-order valence-electron chi connectivity index (χ2n) is 6.39. The fourth-order valence-corrected chi connectivity index (χ4v) is 3.03. The van der Waals surface area contributed by atoms with Crippen LogP contribution in [0.25, 0.3) is 10.9 Å². The molecular weight excluding hydrogens is 366 g/mol. The van der Waals surface area contributed by atoms with Crippen molar-refractivity contribution < 1.29 is 14.3 Å². The highest BCUT2D eigenvalue weighted by Gasteiger charge is 2.11. The third kappa shape index (κ3) is 3.87. The normalized spacial score (nSPS) is 10.6. The number of methoxy groups -OCH3 is 1. The zero-order chi connectivity index (χ0) is 20.2. The molecule has 0 atom stereocenters. The topological polar surface area (TPSA) is 64.6 Å². The maximum absolute atomic E-state index is 11.5. The van der Waals surface area contributed by atoms with Crippen LogP contribution >= 0.6 is 0 Å². The van der Waals surface area contributed by atoms with Crippen molar-refractivity contribution >= 4 is 28.4 Å². The molecule has 0 aliphatic heterocycles. The molecule has 1 heterocycles. The molecule has 0 spiro atoms. The van der Waals surface area contributed by atoms with E-state index in [0.29, 0.717) is 17.1 Å². The van der Waals surface area contributed by atoms with Crippen LogP contribution in [0.4, 0.5) is 11.5 Å². The molecule has 29 heavy (non-hydrogen) atoms. The molecule has 0 aliphatic rings. The van der Waals surface area contributed by atoms with Crippen LogP contribution in [-0.2, 0) is 4.74 Å². The van der Waals surface area contributed by atoms with Crippen molar-refractivity contribution in [2.75, 3.05) is 19.1 Å². The van der Waals surface area contributed by atoms with Gasteiger partial charge in [-0.1, -0.05) is 12.1 Å². The Morgan fingerprint density at radius 2 is 1.52 bits per heavy atom. The summed E-state index contributed by atoms with van der Waals surface area (Å²) in [5.74, 6) is 1.80. The average molecular weight is 385 g/mol. The first kappa shape index (κ1) is 18.4. The van der Waals surface area contributed by atoms with E-state index in [2.05, 4.69) is 9.97 Å². The van der Waals surface area contributed by atoms with E-state index in [0.717, 1.165) is 22.4 Å². The van der Waals surface area contributed by atoms with E-state index in [-0.39, 0.29) is 5.97 Å². The second kappa shape index (κ2) is 7.98. The molecule has 0 N–H and O–H groups in total. The highest BCUT2D eigenvalue weighted by molar-refractivity contribution is 5.91. The number of hydrogen-bond acceptors (Lipinski definition) is 6. The van der Waals surface area contributed by atoms with Crippen LogP contribution in [-0.4, -0.2) is 30.1 Å². The number of nitrogens with zero attached hydrogens (tertiary/aromatic N) is 3. The molecule has 0 fully saturated rings. The Morgan fingerprint density at radius 3 is 2.21 bits per heavy atom. The quantitative estimate of drug-likeness (QED) is 0.452. The maximum atomic E-state index is 11.5. The minimum Gasteiger partial charge on any atom is -0.465 e. The van der Waals surface area contributed by atoms with Crippen molar-refractivity contribution in [1.29, 1.82) is 0 Å². The monoisotopic (exact) mass is 385 g/mol. The van der Waals surface area contributed by atoms with E-state index in [1.807, 2.05) is 60.5 Å². The zero-order valence-electron chi connectivity index (χ0n) is 16.1. The van der Waals surface area contributed by atoms with Gasteiger partial charge in [0.25, 0.3) is 0 Å². The van der Waals surface area contributed by atoms with Crippen LogP contribution in [0, 0.1) is 0 Å². The number of anilines is 2. The summed E-state index contributed by atoms with van der Waals surface area (Å²) in [6.45, 7) is 0. The number of carbonyl (C=O) groups is 1. The van der Waals surface area contributed by atoms with Gasteiger partial charge in [0, 0.05) is 18.1 Å². The van der Waals surface area contributed by atoms with Gasteiger partial charge in [-0.15, -0.1) is 0 Å². The minimum atomic E-state index is -0.374. The number of para-hydroxylation sites is 1. The Bertz CT molecular complexity index is 1140. The lowest BCUT2D eigenvalue weighted by atomic mass is 10.2. The van der Waals surface area contributed by atoms with Crippen LogP contribution < -0.4 is 9.64 Å². The highest BCUT2D eigenvalue weighted by Crippen LogP contribution is 2.30. The smallest absolute Gasteiger partial charge is 0.337 e. The molecular formula is C23H19N3O3. The number of esters is 1. The number of hydrogen-bond donors (Lipinski definition) is 0. The standard InChI is InChI=1S/C23H19N3O3/c1-26(22-20-5-3-4-6-21(20)24-15-25-22)17-9-13-19(14-10-17)29-18-11-7-16(8-12-18)23(27)28-2/h3-15H,1-2H3. The minimum absolute atomic E-state index is 0.374. The summed E-state index contributed by atoms with van der Waals surface area (Å²) >= 11 is 0. The highest BCUT2D eigenvalue weighted by atomic mass is 16.5. The first-order valence-corrected chi connectivity index (χ1v) is 9.05. The van der Waals surface area contributed by atoms with Gasteiger partial charge in [0.1, 0.15) is 23.6 Å². The van der Waals surface area contributed by atoms with Gasteiger partial charge in [-0.25, -0.2) is 14.8 Å². The van der Waals surface area contributed by atoms with Gasteiger partial charge in [-0.3, -0.25) is 0 Å². The summed E-state index contributed by atoms with van der Waals surface area (Å²) in [7, 11) is 3.33. The first-order valence-electron chi connectivity index (χ1n) is 9.05. The number of benzene rings is 3. The van der Waals surface area contributed by atoms with E-state index >= 15 is 0 Å². The van der Waals surface area contributed by atoms with Crippen LogP contribution in [0.1, 0.15) is 10.4 Å². The SMILES string of the molecule is COC(=O)c1ccc(Oc2ccc(N(C)c3ncnc4ccccc34)cc2)cc1.